The van der Waals surface area contributed by atoms with Crippen LogP contribution >= 0.6 is 11.3 Å². The maximum absolute atomic E-state index is 11.9. The Bertz CT molecular complexity index is 549. The van der Waals surface area contributed by atoms with E-state index in [4.69, 9.17) is 4.42 Å². The van der Waals surface area contributed by atoms with Crippen LogP contribution in [0.5, 0.6) is 0 Å². The summed E-state index contributed by atoms with van der Waals surface area (Å²) in [7, 11) is 0. The van der Waals surface area contributed by atoms with Crippen LogP contribution in [0, 0.1) is 5.92 Å². The van der Waals surface area contributed by atoms with Crippen molar-refractivity contribution < 1.29 is 14.3 Å². The van der Waals surface area contributed by atoms with Gasteiger partial charge >= 0.3 is 0 Å². The lowest BCUT2D eigenvalue weighted by atomic mass is 10.1. The molecule has 0 saturated carbocycles. The van der Waals surface area contributed by atoms with E-state index in [1.54, 1.807) is 12.3 Å². The molecule has 2 aromatic rings. The Morgan fingerprint density at radius 1 is 1.55 bits per heavy atom. The Hall–Kier alpha value is -1.66. The Morgan fingerprint density at radius 3 is 2.95 bits per heavy atom. The fraction of sp³-hybridized carbons (Fsp3) is 0.429. The van der Waals surface area contributed by atoms with Crippen molar-refractivity contribution in [1.29, 1.82) is 0 Å². The molecule has 0 aromatic carbocycles. The summed E-state index contributed by atoms with van der Waals surface area (Å²) in [4.78, 5) is 16.3. The van der Waals surface area contributed by atoms with Gasteiger partial charge in [-0.15, -0.1) is 11.3 Å². The van der Waals surface area contributed by atoms with Gasteiger partial charge in [0.15, 0.2) is 10.8 Å². The molecule has 0 aliphatic rings. The summed E-state index contributed by atoms with van der Waals surface area (Å²) in [6.07, 6.45) is 1.80. The molecule has 0 saturated heterocycles. The summed E-state index contributed by atoms with van der Waals surface area (Å²) in [5.74, 6) is 0.768. The van der Waals surface area contributed by atoms with Crippen molar-refractivity contribution in [2.45, 2.75) is 26.3 Å². The van der Waals surface area contributed by atoms with Crippen molar-refractivity contribution in [2.24, 2.45) is 5.92 Å². The number of carbonyl (C=O) groups is 1. The lowest BCUT2D eigenvalue weighted by Crippen LogP contribution is -2.41. The largest absolute Gasteiger partial charge is 0.462 e. The number of aliphatic hydroxyl groups is 1. The first-order valence-electron chi connectivity index (χ1n) is 6.48. The van der Waals surface area contributed by atoms with Gasteiger partial charge in [0.2, 0.25) is 5.91 Å². The number of amides is 1. The Kier molecular flexibility index (Phi) is 4.92. The number of rotatable bonds is 6. The van der Waals surface area contributed by atoms with Crippen LogP contribution in [-0.4, -0.2) is 28.6 Å². The van der Waals surface area contributed by atoms with Crippen LogP contribution in [0.25, 0.3) is 10.8 Å². The maximum Gasteiger partial charge on any atom is 0.226 e. The van der Waals surface area contributed by atoms with Crippen LogP contribution in [0.15, 0.2) is 28.2 Å². The van der Waals surface area contributed by atoms with Gasteiger partial charge in [-0.1, -0.05) is 13.8 Å². The predicted octanol–water partition coefficient (Wildman–Crippen LogP) is 2.08. The first-order valence-corrected chi connectivity index (χ1v) is 7.36. The highest BCUT2D eigenvalue weighted by Gasteiger charge is 2.16. The molecule has 0 spiro atoms. The van der Waals surface area contributed by atoms with E-state index in [1.165, 1.54) is 11.3 Å². The van der Waals surface area contributed by atoms with Gasteiger partial charge in [-0.05, 0) is 18.1 Å². The normalized spacial score (nSPS) is 12.6. The minimum absolute atomic E-state index is 0.0574. The highest BCUT2D eigenvalue weighted by Crippen LogP contribution is 2.24. The minimum atomic E-state index is -0.217. The molecule has 2 rings (SSSR count). The Balaban J connectivity index is 1.95. The molecule has 0 bridgehead atoms. The van der Waals surface area contributed by atoms with Crippen molar-refractivity contribution in [2.75, 3.05) is 6.61 Å². The zero-order chi connectivity index (χ0) is 14.5. The standard InChI is InChI=1S/C14H18N2O3S/c1-9(2)11(7-17)16-13(18)6-10-8-20-14(15-10)12-4-3-5-19-12/h3-5,8-9,11,17H,6-7H2,1-2H3,(H,16,18)/t11-/m1/s1. The molecule has 5 nitrogen and oxygen atoms in total. The van der Waals surface area contributed by atoms with Gasteiger partial charge in [-0.25, -0.2) is 4.98 Å². The number of nitrogens with zero attached hydrogens (tertiary/aromatic N) is 1. The molecule has 20 heavy (non-hydrogen) atoms. The fourth-order valence-electron chi connectivity index (χ4n) is 1.75. The molecule has 1 amide bonds. The van der Waals surface area contributed by atoms with E-state index in [0.29, 0.717) is 11.5 Å². The molecule has 2 heterocycles. The molecule has 0 aliphatic carbocycles. The molecule has 0 unspecified atom stereocenters. The smallest absolute Gasteiger partial charge is 0.226 e. The quantitative estimate of drug-likeness (QED) is 0.855. The van der Waals surface area contributed by atoms with Crippen LogP contribution in [0.4, 0.5) is 0 Å². The third-order valence-corrected chi connectivity index (χ3v) is 3.88. The van der Waals surface area contributed by atoms with Crippen molar-refractivity contribution in [3.05, 3.63) is 29.5 Å². The van der Waals surface area contributed by atoms with Gasteiger partial charge in [0.25, 0.3) is 0 Å². The third kappa shape index (κ3) is 3.68. The molecule has 6 heteroatoms. The molecular formula is C14H18N2O3S. The number of nitrogens with one attached hydrogen (secondary N) is 1. The molecule has 1 atom stereocenters. The molecule has 0 radical (unpaired) electrons. The summed E-state index contributed by atoms with van der Waals surface area (Å²) in [6, 6.07) is 3.42. The van der Waals surface area contributed by atoms with Gasteiger partial charge in [-0.3, -0.25) is 4.79 Å². The van der Waals surface area contributed by atoms with E-state index in [0.717, 1.165) is 5.01 Å². The van der Waals surface area contributed by atoms with Gasteiger partial charge < -0.3 is 14.8 Å². The number of furan rings is 1. The van der Waals surface area contributed by atoms with Crippen LogP contribution in [0.3, 0.4) is 0 Å². The topological polar surface area (TPSA) is 75.4 Å². The molecule has 2 aromatic heterocycles. The zero-order valence-electron chi connectivity index (χ0n) is 11.5. The highest BCUT2D eigenvalue weighted by atomic mass is 32.1. The summed E-state index contributed by atoms with van der Waals surface area (Å²) in [5, 5.41) is 14.6. The van der Waals surface area contributed by atoms with E-state index < -0.39 is 0 Å². The zero-order valence-corrected chi connectivity index (χ0v) is 12.3. The summed E-state index contributed by atoms with van der Waals surface area (Å²) < 4.78 is 5.27. The second-order valence-electron chi connectivity index (χ2n) is 4.90. The SMILES string of the molecule is CC(C)[C@@H](CO)NC(=O)Cc1csc(-c2ccco2)n1. The average Bonchev–Trinajstić information content (AvgIpc) is 3.05. The van der Waals surface area contributed by atoms with Crippen molar-refractivity contribution >= 4 is 17.2 Å². The predicted molar refractivity (Wildman–Crippen MR) is 77.4 cm³/mol. The number of aliphatic hydroxyl groups excluding tert-OH is 1. The molecule has 108 valence electrons. The maximum atomic E-state index is 11.9. The van der Waals surface area contributed by atoms with E-state index >= 15 is 0 Å². The van der Waals surface area contributed by atoms with Crippen molar-refractivity contribution in [3.63, 3.8) is 0 Å². The highest BCUT2D eigenvalue weighted by molar-refractivity contribution is 7.13. The van der Waals surface area contributed by atoms with Crippen molar-refractivity contribution in [3.8, 4) is 10.8 Å². The molecule has 2 N–H and O–H groups in total. The summed E-state index contributed by atoms with van der Waals surface area (Å²) in [5.41, 5.74) is 0.708. The second kappa shape index (κ2) is 6.67. The summed E-state index contributed by atoms with van der Waals surface area (Å²) >= 11 is 1.45. The van der Waals surface area contributed by atoms with Crippen LogP contribution < -0.4 is 5.32 Å². The number of carbonyl (C=O) groups excluding carboxylic acids is 1. The van der Waals surface area contributed by atoms with E-state index in [9.17, 15) is 9.90 Å². The molecule has 0 aliphatic heterocycles. The first kappa shape index (κ1) is 14.7. The van der Waals surface area contributed by atoms with Gasteiger partial charge in [0.1, 0.15) is 0 Å². The van der Waals surface area contributed by atoms with Gasteiger partial charge in [0, 0.05) is 5.38 Å². The average molecular weight is 294 g/mol. The first-order chi connectivity index (χ1) is 9.60. The van der Waals surface area contributed by atoms with Crippen molar-refractivity contribution in [1.82, 2.24) is 10.3 Å². The Morgan fingerprint density at radius 2 is 2.35 bits per heavy atom. The fourth-order valence-corrected chi connectivity index (χ4v) is 2.53. The van der Waals surface area contributed by atoms with Crippen LogP contribution in [0.2, 0.25) is 0 Å². The van der Waals surface area contributed by atoms with E-state index in [-0.39, 0.29) is 30.9 Å². The van der Waals surface area contributed by atoms with Crippen LogP contribution in [0.1, 0.15) is 19.5 Å². The number of thiazole rings is 1. The lowest BCUT2D eigenvalue weighted by molar-refractivity contribution is -0.121. The van der Waals surface area contributed by atoms with E-state index in [2.05, 4.69) is 10.3 Å². The third-order valence-electron chi connectivity index (χ3n) is 2.97. The second-order valence-corrected chi connectivity index (χ2v) is 5.76. The lowest BCUT2D eigenvalue weighted by Gasteiger charge is -2.19. The van der Waals surface area contributed by atoms with E-state index in [1.807, 2.05) is 25.3 Å². The molecular weight excluding hydrogens is 276 g/mol. The van der Waals surface area contributed by atoms with Crippen LogP contribution in [-0.2, 0) is 11.2 Å². The monoisotopic (exact) mass is 294 g/mol. The number of hydrogen-bond acceptors (Lipinski definition) is 5. The summed E-state index contributed by atoms with van der Waals surface area (Å²) in [6.45, 7) is 3.86. The number of hydrogen-bond donors (Lipinski definition) is 2. The molecule has 0 fully saturated rings. The minimum Gasteiger partial charge on any atom is -0.462 e. The number of aromatic nitrogens is 1. The van der Waals surface area contributed by atoms with Gasteiger partial charge in [-0.2, -0.15) is 0 Å². The van der Waals surface area contributed by atoms with Gasteiger partial charge in [0.05, 0.1) is 31.0 Å². The Labute approximate surface area is 121 Å².